The van der Waals surface area contributed by atoms with E-state index in [1.165, 1.54) is 250 Å². The van der Waals surface area contributed by atoms with Crippen LogP contribution in [0.5, 0.6) is 0 Å². The Balaban J connectivity index is 2.24. The molecule has 1 saturated heterocycles. The summed E-state index contributed by atoms with van der Waals surface area (Å²) in [4.78, 5) is 13.2. The number of hydrogen-bond acceptors (Lipinski definition) is 10. The third-order valence-corrected chi connectivity index (χ3v) is 16.9. The number of allylic oxidation sites excluding steroid dienone is 6. The van der Waals surface area contributed by atoms with Gasteiger partial charge in [0.05, 0.1) is 25.4 Å². The molecule has 0 aliphatic carbocycles. The molecule has 478 valence electrons. The van der Waals surface area contributed by atoms with Crippen molar-refractivity contribution in [3.63, 3.8) is 0 Å². The van der Waals surface area contributed by atoms with Gasteiger partial charge >= 0.3 is 0 Å². The van der Waals surface area contributed by atoms with Crippen LogP contribution >= 0.6 is 0 Å². The minimum absolute atomic E-state index is 0.247. The van der Waals surface area contributed by atoms with Crippen molar-refractivity contribution in [2.75, 3.05) is 13.2 Å². The quantitative estimate of drug-likeness (QED) is 0.0215. The van der Waals surface area contributed by atoms with E-state index in [9.17, 15) is 40.5 Å². The standard InChI is InChI=1S/C70H133NO10/c1-3-5-7-9-11-13-15-17-19-21-23-25-27-29-31-32-34-35-37-39-41-43-45-47-49-51-53-55-57-62(73)65(75)61(60-80-70-68(78)67(77)66(76)64(59-72)81-70)71-69(79)63(74)58-56-54-52-50-48-46-44-42-40-38-36-33-30-28-26-24-22-20-18-16-14-12-10-8-6-4-2/h30,33,41,43,49,51,61-68,70,72-78H,3-29,31-32,34-40,42,44-48,50,52-60H2,1-2H3,(H,71,79)/b33-30-,43-41+,51-49+. The molecule has 0 bridgehead atoms. The van der Waals surface area contributed by atoms with Crippen LogP contribution in [0.15, 0.2) is 36.5 Å². The van der Waals surface area contributed by atoms with E-state index in [0.717, 1.165) is 38.5 Å². The van der Waals surface area contributed by atoms with E-state index in [1.807, 2.05) is 0 Å². The van der Waals surface area contributed by atoms with Gasteiger partial charge in [0.2, 0.25) is 5.91 Å². The summed E-state index contributed by atoms with van der Waals surface area (Å²) in [5.74, 6) is -0.707. The highest BCUT2D eigenvalue weighted by Crippen LogP contribution is 2.24. The molecule has 81 heavy (non-hydrogen) atoms. The van der Waals surface area contributed by atoms with Gasteiger partial charge in [0.1, 0.15) is 36.6 Å². The van der Waals surface area contributed by atoms with Gasteiger partial charge in [-0.25, -0.2) is 0 Å². The van der Waals surface area contributed by atoms with Gasteiger partial charge in [-0.2, -0.15) is 0 Å². The van der Waals surface area contributed by atoms with Crippen LogP contribution < -0.4 is 5.32 Å². The van der Waals surface area contributed by atoms with E-state index in [-0.39, 0.29) is 12.8 Å². The lowest BCUT2D eigenvalue weighted by Crippen LogP contribution is -2.60. The van der Waals surface area contributed by atoms with Gasteiger partial charge in [0.15, 0.2) is 6.29 Å². The number of hydrogen-bond donors (Lipinski definition) is 8. The number of carbonyl (C=O) groups is 1. The second-order valence-corrected chi connectivity index (χ2v) is 24.6. The summed E-state index contributed by atoms with van der Waals surface area (Å²) in [5, 5.41) is 76.4. The highest BCUT2D eigenvalue weighted by atomic mass is 16.7. The van der Waals surface area contributed by atoms with Gasteiger partial charge < -0.3 is 50.5 Å². The van der Waals surface area contributed by atoms with Gasteiger partial charge in [-0.1, -0.05) is 294 Å². The molecule has 0 radical (unpaired) electrons. The number of aliphatic hydroxyl groups excluding tert-OH is 7. The fraction of sp³-hybridized carbons (Fsp3) is 0.900. The molecule has 1 aliphatic rings. The first kappa shape index (κ1) is 77.3. The average Bonchev–Trinajstić information content (AvgIpc) is 3.49. The molecule has 0 saturated carbocycles. The van der Waals surface area contributed by atoms with Crippen molar-refractivity contribution in [2.45, 2.75) is 390 Å². The highest BCUT2D eigenvalue weighted by molar-refractivity contribution is 5.80. The van der Waals surface area contributed by atoms with E-state index < -0.39 is 74.2 Å². The summed E-state index contributed by atoms with van der Waals surface area (Å²) in [7, 11) is 0. The van der Waals surface area contributed by atoms with Crippen molar-refractivity contribution < 1.29 is 50.0 Å². The molecule has 1 fully saturated rings. The van der Waals surface area contributed by atoms with Crippen LogP contribution in [0.4, 0.5) is 0 Å². The van der Waals surface area contributed by atoms with Crippen molar-refractivity contribution in [3.8, 4) is 0 Å². The number of unbranched alkanes of at least 4 members (excludes halogenated alkanes) is 43. The van der Waals surface area contributed by atoms with Crippen LogP contribution in [0.1, 0.15) is 335 Å². The van der Waals surface area contributed by atoms with E-state index in [0.29, 0.717) is 19.3 Å². The Morgan fingerprint density at radius 2 is 0.741 bits per heavy atom. The molecule has 0 aromatic carbocycles. The van der Waals surface area contributed by atoms with Crippen LogP contribution in [-0.2, 0) is 14.3 Å². The molecular formula is C70H133NO10. The van der Waals surface area contributed by atoms with Crippen LogP contribution in [0.2, 0.25) is 0 Å². The Bertz CT molecular complexity index is 1410. The zero-order valence-corrected chi connectivity index (χ0v) is 52.8. The second kappa shape index (κ2) is 58.7. The summed E-state index contributed by atoms with van der Waals surface area (Å²) in [6.07, 6.45) is 63.7. The molecule has 11 nitrogen and oxygen atoms in total. The van der Waals surface area contributed by atoms with E-state index >= 15 is 0 Å². The minimum Gasteiger partial charge on any atom is -0.394 e. The maximum absolute atomic E-state index is 13.2. The molecule has 11 heteroatoms. The molecule has 9 unspecified atom stereocenters. The van der Waals surface area contributed by atoms with Crippen molar-refractivity contribution in [3.05, 3.63) is 36.5 Å². The third kappa shape index (κ3) is 46.3. The molecule has 1 heterocycles. The number of ether oxygens (including phenoxy) is 2. The molecule has 1 aliphatic heterocycles. The van der Waals surface area contributed by atoms with Crippen LogP contribution in [0.25, 0.3) is 0 Å². The van der Waals surface area contributed by atoms with Gasteiger partial charge in [0.25, 0.3) is 0 Å². The second-order valence-electron chi connectivity index (χ2n) is 24.6. The molecule has 0 aromatic heterocycles. The third-order valence-electron chi connectivity index (χ3n) is 16.9. The van der Waals surface area contributed by atoms with E-state index in [2.05, 4.69) is 55.6 Å². The number of amides is 1. The summed E-state index contributed by atoms with van der Waals surface area (Å²) in [6, 6.07) is -1.19. The predicted octanol–water partition coefficient (Wildman–Crippen LogP) is 16.6. The number of carbonyl (C=O) groups excluding carboxylic acids is 1. The first-order valence-electron chi connectivity index (χ1n) is 34.9. The number of nitrogens with one attached hydrogen (secondary N) is 1. The fourth-order valence-corrected chi connectivity index (χ4v) is 11.3. The van der Waals surface area contributed by atoms with Crippen molar-refractivity contribution in [1.82, 2.24) is 5.32 Å². The highest BCUT2D eigenvalue weighted by Gasteiger charge is 2.44. The van der Waals surface area contributed by atoms with Gasteiger partial charge in [-0.3, -0.25) is 4.79 Å². The summed E-state index contributed by atoms with van der Waals surface area (Å²) < 4.78 is 11.2. The zero-order chi connectivity index (χ0) is 58.9. The molecule has 8 N–H and O–H groups in total. The zero-order valence-electron chi connectivity index (χ0n) is 52.8. The van der Waals surface area contributed by atoms with Crippen LogP contribution in [0, 0.1) is 0 Å². The largest absolute Gasteiger partial charge is 0.394 e. The fourth-order valence-electron chi connectivity index (χ4n) is 11.3. The normalized spacial score (nSPS) is 19.3. The Labute approximate surface area is 498 Å². The monoisotopic (exact) mass is 1150 g/mol. The first-order valence-corrected chi connectivity index (χ1v) is 34.9. The summed E-state index contributed by atoms with van der Waals surface area (Å²) in [5.41, 5.74) is 0. The molecule has 1 rings (SSSR count). The lowest BCUT2D eigenvalue weighted by molar-refractivity contribution is -0.303. The first-order chi connectivity index (χ1) is 39.7. The topological polar surface area (TPSA) is 189 Å². The SMILES string of the molecule is CCCCCCCCCCCCCC/C=C\CCCCCCCCCCCCC(O)C(=O)NC(COC1OC(CO)C(O)C(O)C1O)C(O)C(O)CCC/C=C/CC/C=C/CCCCCCCCCCCCCCCCCCCCC. The Morgan fingerprint density at radius 1 is 0.420 bits per heavy atom. The maximum atomic E-state index is 13.2. The van der Waals surface area contributed by atoms with Gasteiger partial charge in [-0.15, -0.1) is 0 Å². The number of aliphatic hydroxyl groups is 7. The van der Waals surface area contributed by atoms with Crippen LogP contribution in [0.3, 0.4) is 0 Å². The predicted molar refractivity (Wildman–Crippen MR) is 339 cm³/mol. The lowest BCUT2D eigenvalue weighted by atomic mass is 9.98. The smallest absolute Gasteiger partial charge is 0.249 e. The van der Waals surface area contributed by atoms with Gasteiger partial charge in [0, 0.05) is 0 Å². The molecule has 0 spiro atoms. The van der Waals surface area contributed by atoms with E-state index in [1.54, 1.807) is 0 Å². The Kier molecular flexibility index (Phi) is 56.0. The minimum atomic E-state index is -1.67. The molecule has 9 atom stereocenters. The Hall–Kier alpha value is -1.67. The average molecular weight is 1150 g/mol. The molecule has 0 aromatic rings. The summed E-state index contributed by atoms with van der Waals surface area (Å²) in [6.45, 7) is 3.49. The molecular weight excluding hydrogens is 1010 g/mol. The molecule has 1 amide bonds. The Morgan fingerprint density at radius 3 is 1.10 bits per heavy atom. The lowest BCUT2D eigenvalue weighted by Gasteiger charge is -2.40. The number of rotatable bonds is 61. The van der Waals surface area contributed by atoms with Gasteiger partial charge in [-0.05, 0) is 77.0 Å². The summed E-state index contributed by atoms with van der Waals surface area (Å²) >= 11 is 0. The van der Waals surface area contributed by atoms with Crippen LogP contribution in [-0.4, -0.2) is 110 Å². The maximum Gasteiger partial charge on any atom is 0.249 e. The van der Waals surface area contributed by atoms with Crippen molar-refractivity contribution in [2.24, 2.45) is 0 Å². The van der Waals surface area contributed by atoms with Crippen molar-refractivity contribution >= 4 is 5.91 Å². The van der Waals surface area contributed by atoms with E-state index in [4.69, 9.17) is 9.47 Å². The van der Waals surface area contributed by atoms with Crippen molar-refractivity contribution in [1.29, 1.82) is 0 Å².